The van der Waals surface area contributed by atoms with Gasteiger partial charge in [-0.3, -0.25) is 5.43 Å². The molecule has 0 aromatic carbocycles. The molecule has 0 atom stereocenters. The van der Waals surface area contributed by atoms with Gasteiger partial charge in [0.05, 0.1) is 6.67 Å². The Bertz CT molecular complexity index is 184. The molecule has 0 aromatic rings. The van der Waals surface area contributed by atoms with Crippen LogP contribution in [0.2, 0.25) is 0 Å². The molecule has 1 saturated heterocycles. The Balaban J connectivity index is -0.000000214. The van der Waals surface area contributed by atoms with Crippen LogP contribution in [-0.4, -0.2) is 99.4 Å². The highest BCUT2D eigenvalue weighted by Gasteiger charge is 2.22. The zero-order chi connectivity index (χ0) is 11.2. The quantitative estimate of drug-likeness (QED) is 0.236. The average Bonchev–Trinajstić information content (AvgIpc) is 2.33. The monoisotopic (exact) mass is 282 g/mol. The molecule has 1 aliphatic rings. The topological polar surface area (TPSA) is 151 Å². The van der Waals surface area contributed by atoms with E-state index >= 15 is 0 Å². The van der Waals surface area contributed by atoms with Crippen molar-refractivity contribution in [2.24, 2.45) is 5.73 Å². The number of primary amides is 1. The third kappa shape index (κ3) is 20.0. The van der Waals surface area contributed by atoms with Crippen LogP contribution in [0.3, 0.4) is 0 Å². The fourth-order valence-corrected chi connectivity index (χ4v) is 0.758. The standard InChI is InChI=1S/C4H10N4O.Al.Mg.H4O4Si.5H/c5-4(9)7-8-2-1-6-3-8;;;1-5(2,3)4;;;;;/h6H,1-3H2,(H3,5,7,9);;;1-4H;;;;;. The number of nitrogens with one attached hydrogen (secondary N) is 2. The summed E-state index contributed by atoms with van der Waals surface area (Å²) in [7, 11) is -4.61. The van der Waals surface area contributed by atoms with E-state index in [0.717, 1.165) is 13.1 Å². The van der Waals surface area contributed by atoms with E-state index in [1.807, 2.05) is 0 Å². The van der Waals surface area contributed by atoms with Gasteiger partial charge >= 0.3 is 38.1 Å². The zero-order valence-electron chi connectivity index (χ0n) is 7.34. The summed E-state index contributed by atoms with van der Waals surface area (Å²) in [6.45, 7) is 2.41. The molecule has 2 amide bonds. The van der Waals surface area contributed by atoms with E-state index in [9.17, 15) is 4.79 Å². The summed E-state index contributed by atoms with van der Waals surface area (Å²) in [6.07, 6.45) is 0. The smallest absolute Gasteiger partial charge is 0.368 e. The Hall–Kier alpha value is 0.546. The number of carbonyl (C=O) groups is 1. The van der Waals surface area contributed by atoms with Crippen LogP contribution >= 0.6 is 0 Å². The second kappa shape index (κ2) is 10.7. The van der Waals surface area contributed by atoms with E-state index < -0.39 is 15.1 Å². The Kier molecular flexibility index (Phi) is 14.6. The van der Waals surface area contributed by atoms with Gasteiger partial charge in [-0.05, 0) is 0 Å². The van der Waals surface area contributed by atoms with Gasteiger partial charge in [0.15, 0.2) is 17.4 Å². The van der Waals surface area contributed by atoms with Crippen LogP contribution in [0.25, 0.3) is 0 Å². The third-order valence-corrected chi connectivity index (χ3v) is 1.13. The first-order valence-electron chi connectivity index (χ1n) is 3.70. The molecular formula is C4H19AlMgN4O5Si. The van der Waals surface area contributed by atoms with E-state index in [2.05, 4.69) is 10.7 Å². The third-order valence-electron chi connectivity index (χ3n) is 1.13. The normalized spacial score (nSPS) is 15.0. The lowest BCUT2D eigenvalue weighted by atomic mass is 10.7. The summed E-state index contributed by atoms with van der Waals surface area (Å²) in [5.74, 6) is 0. The largest absolute Gasteiger partial charge is 0.668 e. The first-order chi connectivity index (χ1) is 6.29. The lowest BCUT2D eigenvalue weighted by molar-refractivity contribution is 0.117. The number of rotatable bonds is 1. The molecule has 0 bridgehead atoms. The second-order valence-corrected chi connectivity index (χ2v) is 3.70. The van der Waals surface area contributed by atoms with E-state index in [0.29, 0.717) is 6.67 Å². The summed E-state index contributed by atoms with van der Waals surface area (Å²) in [5.41, 5.74) is 7.30. The number of nitrogens with two attached hydrogens (primary N) is 1. The molecule has 1 rings (SSSR count). The molecule has 1 fully saturated rings. The van der Waals surface area contributed by atoms with Crippen LogP contribution < -0.4 is 16.5 Å². The molecule has 0 saturated carbocycles. The van der Waals surface area contributed by atoms with Crippen molar-refractivity contribution in [3.8, 4) is 0 Å². The van der Waals surface area contributed by atoms with Crippen LogP contribution in [0, 0.1) is 0 Å². The number of carbonyl (C=O) groups excluding carboxylic acids is 1. The fraction of sp³-hybridized carbons (Fsp3) is 0.750. The van der Waals surface area contributed by atoms with Crippen LogP contribution in [-0.2, 0) is 0 Å². The molecule has 94 valence electrons. The predicted octanol–water partition coefficient (Wildman–Crippen LogP) is -6.28. The van der Waals surface area contributed by atoms with Gasteiger partial charge in [0, 0.05) is 13.1 Å². The van der Waals surface area contributed by atoms with Crippen molar-refractivity contribution < 1.29 is 24.0 Å². The molecule has 0 aliphatic carbocycles. The van der Waals surface area contributed by atoms with Crippen molar-refractivity contribution in [3.05, 3.63) is 0 Å². The van der Waals surface area contributed by atoms with Crippen LogP contribution in [0.15, 0.2) is 0 Å². The van der Waals surface area contributed by atoms with Crippen molar-refractivity contribution >= 4 is 55.5 Å². The van der Waals surface area contributed by atoms with E-state index in [4.69, 9.17) is 24.9 Å². The number of amides is 2. The van der Waals surface area contributed by atoms with Crippen LogP contribution in [0.5, 0.6) is 0 Å². The lowest BCUT2D eigenvalue weighted by Gasteiger charge is -2.12. The maximum absolute atomic E-state index is 10.2. The predicted molar refractivity (Wildman–Crippen MR) is 65.4 cm³/mol. The van der Waals surface area contributed by atoms with Gasteiger partial charge in [0.1, 0.15) is 0 Å². The summed E-state index contributed by atoms with van der Waals surface area (Å²) in [5, 5.41) is 4.76. The average molecular weight is 283 g/mol. The molecular weight excluding hydrogens is 263 g/mol. The molecule has 12 heteroatoms. The molecule has 16 heavy (non-hydrogen) atoms. The van der Waals surface area contributed by atoms with Crippen molar-refractivity contribution in [2.45, 2.75) is 0 Å². The molecule has 8 N–H and O–H groups in total. The highest BCUT2D eigenvalue weighted by molar-refractivity contribution is 6.46. The van der Waals surface area contributed by atoms with Crippen molar-refractivity contribution in [2.75, 3.05) is 19.8 Å². The van der Waals surface area contributed by atoms with E-state index in [-0.39, 0.29) is 40.4 Å². The molecule has 0 spiro atoms. The highest BCUT2D eigenvalue weighted by atomic mass is 28.4. The van der Waals surface area contributed by atoms with Gasteiger partial charge in [-0.15, -0.1) is 0 Å². The van der Waals surface area contributed by atoms with Gasteiger partial charge < -0.3 is 30.2 Å². The Morgan fingerprint density at radius 2 is 1.81 bits per heavy atom. The lowest BCUT2D eigenvalue weighted by Crippen LogP contribution is -2.44. The molecule has 0 unspecified atom stereocenters. The molecule has 0 aromatic heterocycles. The number of urea groups is 1. The minimum Gasteiger partial charge on any atom is -0.368 e. The maximum atomic E-state index is 10.2. The molecule has 1 aliphatic heterocycles. The number of hydrogen-bond acceptors (Lipinski definition) is 7. The van der Waals surface area contributed by atoms with Gasteiger partial charge in [0.2, 0.25) is 0 Å². The second-order valence-electron chi connectivity index (χ2n) is 2.50. The Morgan fingerprint density at radius 3 is 2.06 bits per heavy atom. The number of hydrazine groups is 1. The summed E-state index contributed by atoms with van der Waals surface area (Å²) in [6, 6.07) is -0.501. The van der Waals surface area contributed by atoms with Gasteiger partial charge in [-0.25, -0.2) is 9.80 Å². The Morgan fingerprint density at radius 1 is 1.38 bits per heavy atom. The van der Waals surface area contributed by atoms with Gasteiger partial charge in [0.25, 0.3) is 0 Å². The number of hydrogen-bond donors (Lipinski definition) is 7. The van der Waals surface area contributed by atoms with Gasteiger partial charge in [-0.2, -0.15) is 0 Å². The van der Waals surface area contributed by atoms with E-state index in [1.165, 1.54) is 0 Å². The number of nitrogens with zero attached hydrogens (tertiary/aromatic N) is 1. The van der Waals surface area contributed by atoms with E-state index in [1.54, 1.807) is 5.01 Å². The fourth-order valence-electron chi connectivity index (χ4n) is 0.758. The molecule has 0 radical (unpaired) electrons. The molecule has 9 nitrogen and oxygen atoms in total. The minimum atomic E-state index is -4.61. The SMILES string of the molecule is NC(=O)NN1CCNC1.O[Si](O)(O)O.[AlH3].[MgH2]. The maximum Gasteiger partial charge on any atom is 0.668 e. The minimum absolute atomic E-state index is 0. The first-order valence-corrected chi connectivity index (χ1v) is 5.49. The van der Waals surface area contributed by atoms with Crippen LogP contribution in [0.4, 0.5) is 4.79 Å². The first kappa shape index (κ1) is 21.8. The van der Waals surface area contributed by atoms with Crippen molar-refractivity contribution in [3.63, 3.8) is 0 Å². The van der Waals surface area contributed by atoms with Crippen LogP contribution in [0.1, 0.15) is 0 Å². The highest BCUT2D eigenvalue weighted by Crippen LogP contribution is 1.84. The summed E-state index contributed by atoms with van der Waals surface area (Å²) < 4.78 is 0. The van der Waals surface area contributed by atoms with Crippen molar-refractivity contribution in [1.82, 2.24) is 15.8 Å². The van der Waals surface area contributed by atoms with Crippen molar-refractivity contribution in [1.29, 1.82) is 0 Å². The Labute approximate surface area is 120 Å². The molecule has 1 heterocycles. The summed E-state index contributed by atoms with van der Waals surface area (Å²) >= 11 is 0. The van der Waals surface area contributed by atoms with Gasteiger partial charge in [-0.1, -0.05) is 0 Å². The summed E-state index contributed by atoms with van der Waals surface area (Å²) in [4.78, 5) is 39.5. The zero-order valence-corrected chi connectivity index (χ0v) is 8.34.